The van der Waals surface area contributed by atoms with E-state index < -0.39 is 12.1 Å². The molecule has 1 aliphatic rings. The van der Waals surface area contributed by atoms with Crippen molar-refractivity contribution in [2.45, 2.75) is 64.4 Å². The third-order valence-electron chi connectivity index (χ3n) is 2.87. The Bertz CT molecular complexity index is 260. The van der Waals surface area contributed by atoms with Crippen molar-refractivity contribution in [3.63, 3.8) is 0 Å². The molecule has 0 amide bonds. The summed E-state index contributed by atoms with van der Waals surface area (Å²) in [4.78, 5) is 0. The fourth-order valence-electron chi connectivity index (χ4n) is 1.95. The summed E-state index contributed by atoms with van der Waals surface area (Å²) in [6, 6.07) is 0. The van der Waals surface area contributed by atoms with Crippen LogP contribution in [0.15, 0.2) is 0 Å². The number of unbranched alkanes of at least 4 members (excludes halogenated alkanes) is 1. The number of nitrogens with two attached hydrogens (primary N) is 1. The van der Waals surface area contributed by atoms with E-state index in [9.17, 15) is 5.11 Å². The van der Waals surface area contributed by atoms with Gasteiger partial charge in [-0.25, -0.2) is 5.01 Å². The molecule has 114 valence electrons. The van der Waals surface area contributed by atoms with Crippen molar-refractivity contribution in [1.82, 2.24) is 10.5 Å². The lowest BCUT2D eigenvalue weighted by Gasteiger charge is -2.27. The lowest BCUT2D eigenvalue weighted by Crippen LogP contribution is -2.51. The van der Waals surface area contributed by atoms with Crippen molar-refractivity contribution in [3.05, 3.63) is 0 Å². The number of hydrogen-bond donors (Lipinski definition) is 3. The second-order valence-corrected chi connectivity index (χ2v) is 5.26. The van der Waals surface area contributed by atoms with E-state index in [0.717, 1.165) is 12.8 Å². The molecule has 0 aromatic carbocycles. The van der Waals surface area contributed by atoms with Crippen LogP contribution >= 0.6 is 0 Å². The standard InChI is InChI=1S/C12H27N3O4/c1-5-6-7-17-9-8-10(19-12(2,3)16)18-11(9)15(4)14-13/h9-11,14,16H,5-8,13H2,1-4H3/t9?,10-,11?/m1/s1. The summed E-state index contributed by atoms with van der Waals surface area (Å²) in [6.45, 7) is 5.93. The molecule has 1 heterocycles. The van der Waals surface area contributed by atoms with E-state index in [-0.39, 0.29) is 12.3 Å². The number of nitrogens with zero attached hydrogens (tertiary/aromatic N) is 1. The molecule has 0 spiro atoms. The van der Waals surface area contributed by atoms with E-state index in [1.165, 1.54) is 0 Å². The quantitative estimate of drug-likeness (QED) is 0.254. The lowest BCUT2D eigenvalue weighted by atomic mass is 10.2. The van der Waals surface area contributed by atoms with Crippen molar-refractivity contribution < 1.29 is 19.3 Å². The minimum Gasteiger partial charge on any atom is -0.374 e. The van der Waals surface area contributed by atoms with Gasteiger partial charge in [0.25, 0.3) is 0 Å². The average molecular weight is 277 g/mol. The van der Waals surface area contributed by atoms with Gasteiger partial charge in [0.15, 0.2) is 18.3 Å². The normalized spacial score (nSPS) is 28.3. The molecule has 7 heteroatoms. The summed E-state index contributed by atoms with van der Waals surface area (Å²) >= 11 is 0. The SMILES string of the molecule is CCCCOC1C[C@@H](OC(C)(C)O)OC1N(C)NN. The van der Waals surface area contributed by atoms with Gasteiger partial charge in [0.2, 0.25) is 0 Å². The second kappa shape index (κ2) is 7.49. The van der Waals surface area contributed by atoms with Gasteiger partial charge < -0.3 is 19.3 Å². The number of aliphatic hydroxyl groups is 1. The van der Waals surface area contributed by atoms with Crippen LogP contribution in [0.4, 0.5) is 0 Å². The van der Waals surface area contributed by atoms with E-state index >= 15 is 0 Å². The number of hydrogen-bond acceptors (Lipinski definition) is 7. The molecule has 0 aromatic heterocycles. The largest absolute Gasteiger partial charge is 0.374 e. The minimum atomic E-state index is -1.23. The van der Waals surface area contributed by atoms with Gasteiger partial charge in [-0.3, -0.25) is 5.84 Å². The van der Waals surface area contributed by atoms with Crippen LogP contribution < -0.4 is 11.4 Å². The third-order valence-corrected chi connectivity index (χ3v) is 2.87. The molecule has 2 unspecified atom stereocenters. The molecule has 0 bridgehead atoms. The molecule has 1 aliphatic heterocycles. The maximum absolute atomic E-state index is 9.66. The van der Waals surface area contributed by atoms with Gasteiger partial charge in [0, 0.05) is 20.1 Å². The Labute approximate surface area is 114 Å². The molecule has 4 N–H and O–H groups in total. The van der Waals surface area contributed by atoms with Gasteiger partial charge in [0.05, 0.1) is 0 Å². The fourth-order valence-corrected chi connectivity index (χ4v) is 1.95. The molecule has 0 aromatic rings. The highest BCUT2D eigenvalue weighted by molar-refractivity contribution is 4.78. The summed E-state index contributed by atoms with van der Waals surface area (Å²) in [5, 5.41) is 11.3. The fraction of sp³-hybridized carbons (Fsp3) is 1.00. The van der Waals surface area contributed by atoms with Crippen molar-refractivity contribution in [1.29, 1.82) is 0 Å². The third kappa shape index (κ3) is 5.70. The molecule has 1 rings (SSSR count). The molecular weight excluding hydrogens is 250 g/mol. The van der Waals surface area contributed by atoms with Crippen molar-refractivity contribution >= 4 is 0 Å². The summed E-state index contributed by atoms with van der Waals surface area (Å²) in [7, 11) is 1.77. The lowest BCUT2D eigenvalue weighted by molar-refractivity contribution is -0.279. The molecule has 0 radical (unpaired) electrons. The van der Waals surface area contributed by atoms with Crippen LogP contribution in [-0.2, 0) is 14.2 Å². The van der Waals surface area contributed by atoms with Crippen LogP contribution in [-0.4, -0.2) is 48.2 Å². The first-order valence-corrected chi connectivity index (χ1v) is 6.73. The van der Waals surface area contributed by atoms with Crippen LogP contribution in [0, 0.1) is 0 Å². The molecule has 0 aliphatic carbocycles. The molecule has 19 heavy (non-hydrogen) atoms. The minimum absolute atomic E-state index is 0.139. The molecule has 7 nitrogen and oxygen atoms in total. The van der Waals surface area contributed by atoms with Gasteiger partial charge in [0.1, 0.15) is 6.10 Å². The van der Waals surface area contributed by atoms with E-state index in [4.69, 9.17) is 20.1 Å². The van der Waals surface area contributed by atoms with Gasteiger partial charge in [-0.1, -0.05) is 13.3 Å². The Balaban J connectivity index is 2.54. The Morgan fingerprint density at radius 3 is 2.74 bits per heavy atom. The molecule has 3 atom stereocenters. The van der Waals surface area contributed by atoms with Crippen LogP contribution in [0.25, 0.3) is 0 Å². The van der Waals surface area contributed by atoms with Crippen molar-refractivity contribution in [2.24, 2.45) is 5.84 Å². The Hall–Kier alpha value is -0.280. The number of rotatable bonds is 8. The smallest absolute Gasteiger partial charge is 0.165 e. The Kier molecular flexibility index (Phi) is 6.61. The maximum atomic E-state index is 9.66. The monoisotopic (exact) mass is 277 g/mol. The summed E-state index contributed by atoms with van der Waals surface area (Å²) in [6.07, 6.45) is 1.65. The van der Waals surface area contributed by atoms with E-state index in [0.29, 0.717) is 13.0 Å². The molecule has 1 fully saturated rings. The molecule has 0 saturated carbocycles. The van der Waals surface area contributed by atoms with E-state index in [1.54, 1.807) is 25.9 Å². The van der Waals surface area contributed by atoms with Crippen molar-refractivity contribution in [3.8, 4) is 0 Å². The van der Waals surface area contributed by atoms with E-state index in [1.807, 2.05) is 0 Å². The number of hydrazine groups is 2. The highest BCUT2D eigenvalue weighted by atomic mass is 16.8. The zero-order chi connectivity index (χ0) is 14.5. The topological polar surface area (TPSA) is 89.2 Å². The first-order chi connectivity index (χ1) is 8.87. The zero-order valence-corrected chi connectivity index (χ0v) is 12.3. The average Bonchev–Trinajstić information content (AvgIpc) is 2.69. The molecular formula is C12H27N3O4. The summed E-state index contributed by atoms with van der Waals surface area (Å²) in [5.41, 5.74) is 2.52. The Morgan fingerprint density at radius 1 is 1.53 bits per heavy atom. The van der Waals surface area contributed by atoms with Gasteiger partial charge in [-0.2, -0.15) is 5.53 Å². The van der Waals surface area contributed by atoms with Crippen LogP contribution in [0.2, 0.25) is 0 Å². The number of likely N-dealkylation sites (N-methyl/N-ethyl adjacent to an activating group) is 1. The van der Waals surface area contributed by atoms with E-state index in [2.05, 4.69) is 12.5 Å². The number of ether oxygens (including phenoxy) is 3. The number of nitrogens with one attached hydrogen (secondary N) is 1. The van der Waals surface area contributed by atoms with Gasteiger partial charge in [-0.05, 0) is 20.3 Å². The van der Waals surface area contributed by atoms with Crippen LogP contribution in [0.3, 0.4) is 0 Å². The highest BCUT2D eigenvalue weighted by Crippen LogP contribution is 2.27. The van der Waals surface area contributed by atoms with Crippen molar-refractivity contribution in [2.75, 3.05) is 13.7 Å². The maximum Gasteiger partial charge on any atom is 0.165 e. The summed E-state index contributed by atoms with van der Waals surface area (Å²) < 4.78 is 16.9. The second-order valence-electron chi connectivity index (χ2n) is 5.26. The van der Waals surface area contributed by atoms with Crippen LogP contribution in [0.1, 0.15) is 40.0 Å². The predicted molar refractivity (Wildman–Crippen MR) is 70.4 cm³/mol. The highest BCUT2D eigenvalue weighted by Gasteiger charge is 2.40. The summed E-state index contributed by atoms with van der Waals surface area (Å²) in [5.74, 6) is 4.16. The van der Waals surface area contributed by atoms with Crippen LogP contribution in [0.5, 0.6) is 0 Å². The van der Waals surface area contributed by atoms with Gasteiger partial charge in [-0.15, -0.1) is 0 Å². The zero-order valence-electron chi connectivity index (χ0n) is 12.3. The first kappa shape index (κ1) is 16.8. The molecule has 1 saturated heterocycles. The predicted octanol–water partition coefficient (Wildman–Crippen LogP) is 0.299. The van der Waals surface area contributed by atoms with Gasteiger partial charge >= 0.3 is 0 Å². The Morgan fingerprint density at radius 2 is 2.21 bits per heavy atom. The first-order valence-electron chi connectivity index (χ1n) is 6.73.